The van der Waals surface area contributed by atoms with Gasteiger partial charge in [0.25, 0.3) is 5.56 Å². The van der Waals surface area contributed by atoms with Crippen LogP contribution in [-0.4, -0.2) is 46.4 Å². The molecule has 8 heteroatoms. The van der Waals surface area contributed by atoms with Crippen molar-refractivity contribution in [3.8, 4) is 5.75 Å². The van der Waals surface area contributed by atoms with Crippen molar-refractivity contribution in [2.45, 2.75) is 12.5 Å². The number of aliphatic carboxylic acids is 1. The van der Waals surface area contributed by atoms with Crippen molar-refractivity contribution in [2.24, 2.45) is 5.92 Å². The summed E-state index contributed by atoms with van der Waals surface area (Å²) in [5, 5.41) is 15.6. The number of carboxylic acids is 1. The summed E-state index contributed by atoms with van der Waals surface area (Å²) < 4.78 is 19.4. The first-order valence-electron chi connectivity index (χ1n) is 7.80. The van der Waals surface area contributed by atoms with E-state index in [4.69, 9.17) is 4.74 Å². The minimum absolute atomic E-state index is 0.276. The molecule has 2 atom stereocenters. The van der Waals surface area contributed by atoms with Crippen LogP contribution in [0.15, 0.2) is 35.3 Å². The molecule has 1 fully saturated rings. The van der Waals surface area contributed by atoms with Gasteiger partial charge in [-0.3, -0.25) is 14.5 Å². The van der Waals surface area contributed by atoms with Crippen molar-refractivity contribution in [2.75, 3.05) is 20.2 Å². The second-order valence-electron chi connectivity index (χ2n) is 6.09. The van der Waals surface area contributed by atoms with E-state index in [0.717, 1.165) is 0 Å². The standard InChI is InChI=1S/C17H18FN3O4/c1-25-11-2-3-12(15(18)5-11)13-8-21(9-14(13)17(23)24)7-10-4-16(22)20-19-6-10/h2-6,13-14H,7-9H2,1H3,(H,20,22)(H,23,24)/t13-,14+/m0/s1. The second kappa shape index (κ2) is 7.02. The van der Waals surface area contributed by atoms with Gasteiger partial charge in [-0.15, -0.1) is 0 Å². The van der Waals surface area contributed by atoms with Gasteiger partial charge in [-0.25, -0.2) is 9.49 Å². The molecule has 1 aromatic carbocycles. The van der Waals surface area contributed by atoms with Gasteiger partial charge in [-0.1, -0.05) is 6.07 Å². The summed E-state index contributed by atoms with van der Waals surface area (Å²) in [5.74, 6) is -2.25. The van der Waals surface area contributed by atoms with Crippen LogP contribution in [0.4, 0.5) is 4.39 Å². The van der Waals surface area contributed by atoms with E-state index in [0.29, 0.717) is 30.0 Å². The molecule has 132 valence electrons. The van der Waals surface area contributed by atoms with E-state index in [2.05, 4.69) is 10.2 Å². The number of hydrogen-bond acceptors (Lipinski definition) is 5. The minimum atomic E-state index is -0.966. The molecule has 3 rings (SSSR count). The highest BCUT2D eigenvalue weighted by atomic mass is 19.1. The summed E-state index contributed by atoms with van der Waals surface area (Å²) in [4.78, 5) is 24.9. The molecule has 0 unspecified atom stereocenters. The number of carboxylic acid groups (broad SMARTS) is 1. The molecule has 2 N–H and O–H groups in total. The van der Waals surface area contributed by atoms with Crippen LogP contribution in [0.5, 0.6) is 5.75 Å². The topological polar surface area (TPSA) is 95.5 Å². The number of H-pyrrole nitrogens is 1. The Morgan fingerprint density at radius 1 is 1.44 bits per heavy atom. The normalized spacial score (nSPS) is 20.6. The number of hydrogen-bond donors (Lipinski definition) is 2. The Morgan fingerprint density at radius 3 is 2.88 bits per heavy atom. The second-order valence-corrected chi connectivity index (χ2v) is 6.09. The largest absolute Gasteiger partial charge is 0.497 e. The molecule has 2 aromatic rings. The molecule has 0 bridgehead atoms. The average Bonchev–Trinajstić information content (AvgIpc) is 2.98. The molecule has 1 aliphatic heterocycles. The summed E-state index contributed by atoms with van der Waals surface area (Å²) in [6.45, 7) is 1.04. The van der Waals surface area contributed by atoms with E-state index in [1.165, 1.54) is 25.4 Å². The summed E-state index contributed by atoms with van der Waals surface area (Å²) >= 11 is 0. The maximum atomic E-state index is 14.4. The van der Waals surface area contributed by atoms with E-state index in [1.54, 1.807) is 12.1 Å². The van der Waals surface area contributed by atoms with Gasteiger partial charge in [0, 0.05) is 37.7 Å². The van der Waals surface area contributed by atoms with Gasteiger partial charge in [0.2, 0.25) is 0 Å². The number of carbonyl (C=O) groups is 1. The van der Waals surface area contributed by atoms with Crippen molar-refractivity contribution < 1.29 is 19.0 Å². The van der Waals surface area contributed by atoms with Crippen LogP contribution in [0.25, 0.3) is 0 Å². The van der Waals surface area contributed by atoms with Gasteiger partial charge >= 0.3 is 5.97 Å². The van der Waals surface area contributed by atoms with E-state index >= 15 is 0 Å². The first-order valence-corrected chi connectivity index (χ1v) is 7.80. The molecule has 0 radical (unpaired) electrons. The highest BCUT2D eigenvalue weighted by Crippen LogP contribution is 2.36. The Labute approximate surface area is 143 Å². The number of nitrogens with zero attached hydrogens (tertiary/aromatic N) is 2. The number of aromatic nitrogens is 2. The summed E-state index contributed by atoms with van der Waals surface area (Å²) in [6, 6.07) is 5.88. The first kappa shape index (κ1) is 17.1. The summed E-state index contributed by atoms with van der Waals surface area (Å²) in [6.07, 6.45) is 1.53. The maximum Gasteiger partial charge on any atom is 0.308 e. The molecule has 1 aliphatic rings. The number of ether oxygens (including phenoxy) is 1. The third-order valence-corrected chi connectivity index (χ3v) is 4.45. The summed E-state index contributed by atoms with van der Waals surface area (Å²) in [5.41, 5.74) is 0.729. The Morgan fingerprint density at radius 2 is 2.24 bits per heavy atom. The molecular formula is C17H18FN3O4. The maximum absolute atomic E-state index is 14.4. The van der Waals surface area contributed by atoms with Gasteiger partial charge in [-0.05, 0) is 17.2 Å². The number of aromatic amines is 1. The van der Waals surface area contributed by atoms with Gasteiger partial charge in [-0.2, -0.15) is 5.10 Å². The summed E-state index contributed by atoms with van der Waals surface area (Å²) in [7, 11) is 1.45. The lowest BCUT2D eigenvalue weighted by Crippen LogP contribution is -2.24. The minimum Gasteiger partial charge on any atom is -0.497 e. The molecule has 2 heterocycles. The molecule has 0 amide bonds. The van der Waals surface area contributed by atoms with E-state index < -0.39 is 23.6 Å². The number of nitrogens with one attached hydrogen (secondary N) is 1. The van der Waals surface area contributed by atoms with Crippen molar-refractivity contribution in [1.82, 2.24) is 15.1 Å². The number of rotatable bonds is 5. The first-order chi connectivity index (χ1) is 12.0. The SMILES string of the molecule is COc1ccc([C@@H]2CN(Cc3cn[nH]c(=O)c3)C[C@H]2C(=O)O)c(F)c1. The van der Waals surface area contributed by atoms with Crippen LogP contribution in [0.3, 0.4) is 0 Å². The van der Waals surface area contributed by atoms with Crippen LogP contribution in [0.2, 0.25) is 0 Å². The van der Waals surface area contributed by atoms with Crippen LogP contribution < -0.4 is 10.3 Å². The Hall–Kier alpha value is -2.74. The fourth-order valence-electron chi connectivity index (χ4n) is 3.28. The van der Waals surface area contributed by atoms with Gasteiger partial charge < -0.3 is 9.84 Å². The zero-order chi connectivity index (χ0) is 18.0. The molecule has 25 heavy (non-hydrogen) atoms. The van der Waals surface area contributed by atoms with Crippen molar-refractivity contribution in [1.29, 1.82) is 0 Å². The third-order valence-electron chi connectivity index (χ3n) is 4.45. The average molecular weight is 347 g/mol. The highest BCUT2D eigenvalue weighted by molar-refractivity contribution is 5.72. The lowest BCUT2D eigenvalue weighted by atomic mass is 9.88. The Bertz CT molecular complexity index is 839. The van der Waals surface area contributed by atoms with Crippen LogP contribution in [-0.2, 0) is 11.3 Å². The lowest BCUT2D eigenvalue weighted by molar-refractivity contribution is -0.141. The molecular weight excluding hydrogens is 329 g/mol. The van der Waals surface area contributed by atoms with Crippen molar-refractivity contribution in [3.63, 3.8) is 0 Å². The van der Waals surface area contributed by atoms with Gasteiger partial charge in [0.05, 0.1) is 19.2 Å². The zero-order valence-electron chi connectivity index (χ0n) is 13.6. The van der Waals surface area contributed by atoms with Crippen LogP contribution >= 0.6 is 0 Å². The highest BCUT2D eigenvalue weighted by Gasteiger charge is 2.39. The number of likely N-dealkylation sites (tertiary alicyclic amines) is 1. The predicted molar refractivity (Wildman–Crippen MR) is 87.0 cm³/mol. The van der Waals surface area contributed by atoms with Crippen molar-refractivity contribution in [3.05, 3.63) is 57.8 Å². The quantitative estimate of drug-likeness (QED) is 0.844. The Balaban J connectivity index is 1.83. The number of halogens is 1. The van der Waals surface area contributed by atoms with Crippen LogP contribution in [0, 0.1) is 11.7 Å². The monoisotopic (exact) mass is 347 g/mol. The fraction of sp³-hybridized carbons (Fsp3) is 0.353. The molecule has 0 aliphatic carbocycles. The smallest absolute Gasteiger partial charge is 0.308 e. The van der Waals surface area contributed by atoms with Gasteiger partial charge in [0.1, 0.15) is 11.6 Å². The van der Waals surface area contributed by atoms with Crippen molar-refractivity contribution >= 4 is 5.97 Å². The molecule has 0 spiro atoms. The predicted octanol–water partition coefficient (Wildman–Crippen LogP) is 1.22. The van der Waals surface area contributed by atoms with E-state index in [9.17, 15) is 19.1 Å². The Kier molecular flexibility index (Phi) is 4.80. The molecule has 7 nitrogen and oxygen atoms in total. The number of methoxy groups -OCH3 is 1. The zero-order valence-corrected chi connectivity index (χ0v) is 13.6. The molecule has 1 saturated heterocycles. The third kappa shape index (κ3) is 3.69. The molecule has 0 saturated carbocycles. The number of benzene rings is 1. The van der Waals surface area contributed by atoms with E-state index in [-0.39, 0.29) is 12.1 Å². The van der Waals surface area contributed by atoms with Crippen LogP contribution in [0.1, 0.15) is 17.0 Å². The fourth-order valence-corrected chi connectivity index (χ4v) is 3.28. The van der Waals surface area contributed by atoms with E-state index in [1.807, 2.05) is 4.90 Å². The lowest BCUT2D eigenvalue weighted by Gasteiger charge is -2.17. The van der Waals surface area contributed by atoms with Gasteiger partial charge in [0.15, 0.2) is 0 Å². The molecule has 1 aromatic heterocycles.